The van der Waals surface area contributed by atoms with Gasteiger partial charge in [-0.3, -0.25) is 10.1 Å². The highest BCUT2D eigenvalue weighted by molar-refractivity contribution is 7.19. The standard InChI is InChI=1S/C11H10N4O3S/c12-10-14-15-11(19-10)13-9(16)6-1-2-7-8(5-6)18-4-3-17-7/h1-2,5H,3-4H2,(H2,12,14)(H,13,15,16). The number of carbonyl (C=O) groups is 1. The highest BCUT2D eigenvalue weighted by Gasteiger charge is 2.15. The van der Waals surface area contributed by atoms with E-state index in [2.05, 4.69) is 15.5 Å². The normalized spacial score (nSPS) is 13.1. The molecular formula is C11H10N4O3S. The number of nitrogens with one attached hydrogen (secondary N) is 1. The first-order valence-corrected chi connectivity index (χ1v) is 6.34. The number of nitrogens with two attached hydrogens (primary N) is 1. The molecule has 0 atom stereocenters. The number of hydrogen-bond donors (Lipinski definition) is 2. The zero-order chi connectivity index (χ0) is 13.2. The van der Waals surface area contributed by atoms with E-state index in [9.17, 15) is 4.79 Å². The number of amides is 1. The average Bonchev–Trinajstić information content (AvgIpc) is 2.83. The van der Waals surface area contributed by atoms with Crippen LogP contribution in [0, 0.1) is 0 Å². The second kappa shape index (κ2) is 4.73. The van der Waals surface area contributed by atoms with Gasteiger partial charge in [0.2, 0.25) is 10.3 Å². The molecule has 0 bridgehead atoms. The lowest BCUT2D eigenvalue weighted by atomic mass is 10.2. The molecule has 98 valence electrons. The number of aromatic nitrogens is 2. The molecular weight excluding hydrogens is 268 g/mol. The van der Waals surface area contributed by atoms with Gasteiger partial charge in [0.25, 0.3) is 5.91 Å². The molecule has 0 radical (unpaired) electrons. The van der Waals surface area contributed by atoms with E-state index in [0.29, 0.717) is 40.5 Å². The Balaban J connectivity index is 1.80. The second-order valence-electron chi connectivity index (χ2n) is 3.76. The number of benzene rings is 1. The van der Waals surface area contributed by atoms with E-state index in [4.69, 9.17) is 15.2 Å². The Bertz CT molecular complexity index is 628. The van der Waals surface area contributed by atoms with Crippen molar-refractivity contribution in [1.82, 2.24) is 10.2 Å². The Morgan fingerprint density at radius 2 is 2.05 bits per heavy atom. The summed E-state index contributed by atoms with van der Waals surface area (Å²) in [5.41, 5.74) is 5.90. The SMILES string of the molecule is Nc1nnc(NC(=O)c2ccc3c(c2)OCCO3)s1. The Morgan fingerprint density at radius 3 is 2.79 bits per heavy atom. The Morgan fingerprint density at radius 1 is 1.26 bits per heavy atom. The maximum absolute atomic E-state index is 12.0. The molecule has 0 fully saturated rings. The lowest BCUT2D eigenvalue weighted by molar-refractivity contribution is 0.102. The summed E-state index contributed by atoms with van der Waals surface area (Å²) in [5.74, 6) is 0.909. The first-order valence-electron chi connectivity index (χ1n) is 5.52. The largest absolute Gasteiger partial charge is 0.486 e. The van der Waals surface area contributed by atoms with Crippen molar-refractivity contribution in [3.63, 3.8) is 0 Å². The van der Waals surface area contributed by atoms with Crippen LogP contribution in [0.5, 0.6) is 11.5 Å². The van der Waals surface area contributed by atoms with Crippen LogP contribution in [0.4, 0.5) is 10.3 Å². The summed E-state index contributed by atoms with van der Waals surface area (Å²) < 4.78 is 10.8. The summed E-state index contributed by atoms with van der Waals surface area (Å²) >= 11 is 1.11. The van der Waals surface area contributed by atoms with Crippen LogP contribution in [-0.4, -0.2) is 29.3 Å². The molecule has 8 heteroatoms. The molecule has 2 aromatic rings. The minimum atomic E-state index is -0.298. The van der Waals surface area contributed by atoms with E-state index in [1.54, 1.807) is 18.2 Å². The van der Waals surface area contributed by atoms with Crippen molar-refractivity contribution in [1.29, 1.82) is 0 Å². The van der Waals surface area contributed by atoms with Crippen LogP contribution in [0.3, 0.4) is 0 Å². The van der Waals surface area contributed by atoms with Crippen LogP contribution >= 0.6 is 11.3 Å². The quantitative estimate of drug-likeness (QED) is 0.854. The summed E-state index contributed by atoms with van der Waals surface area (Å²) in [5, 5.41) is 10.6. The number of hydrogen-bond acceptors (Lipinski definition) is 7. The fourth-order valence-electron chi connectivity index (χ4n) is 1.64. The van der Waals surface area contributed by atoms with Crippen LogP contribution in [0.1, 0.15) is 10.4 Å². The summed E-state index contributed by atoms with van der Waals surface area (Å²) in [6, 6.07) is 5.00. The third kappa shape index (κ3) is 2.43. The third-order valence-corrected chi connectivity index (χ3v) is 3.13. The van der Waals surface area contributed by atoms with Crippen molar-refractivity contribution < 1.29 is 14.3 Å². The van der Waals surface area contributed by atoms with Gasteiger partial charge in [0.05, 0.1) is 0 Å². The molecule has 1 aliphatic rings. The molecule has 0 saturated carbocycles. The number of fused-ring (bicyclic) bond motifs is 1. The highest BCUT2D eigenvalue weighted by Crippen LogP contribution is 2.31. The number of nitrogens with zero attached hydrogens (tertiary/aromatic N) is 2. The van der Waals surface area contributed by atoms with Gasteiger partial charge in [0, 0.05) is 5.56 Å². The zero-order valence-electron chi connectivity index (χ0n) is 9.75. The van der Waals surface area contributed by atoms with Crippen molar-refractivity contribution in [3.8, 4) is 11.5 Å². The predicted molar refractivity (Wildman–Crippen MR) is 69.7 cm³/mol. The molecule has 1 aromatic heterocycles. The van der Waals surface area contributed by atoms with Crippen molar-refractivity contribution >= 4 is 27.5 Å². The van der Waals surface area contributed by atoms with Gasteiger partial charge in [-0.2, -0.15) is 0 Å². The molecule has 7 nitrogen and oxygen atoms in total. The second-order valence-corrected chi connectivity index (χ2v) is 4.77. The Kier molecular flexibility index (Phi) is 2.92. The minimum Gasteiger partial charge on any atom is -0.486 e. The van der Waals surface area contributed by atoms with Crippen molar-refractivity contribution in [2.45, 2.75) is 0 Å². The van der Waals surface area contributed by atoms with Gasteiger partial charge in [-0.15, -0.1) is 10.2 Å². The van der Waals surface area contributed by atoms with E-state index >= 15 is 0 Å². The maximum Gasteiger partial charge on any atom is 0.257 e. The van der Waals surface area contributed by atoms with E-state index < -0.39 is 0 Å². The molecule has 19 heavy (non-hydrogen) atoms. The molecule has 1 aromatic carbocycles. The maximum atomic E-state index is 12.0. The molecule has 1 aliphatic heterocycles. The molecule has 3 rings (SSSR count). The van der Waals surface area contributed by atoms with Crippen molar-refractivity contribution in [2.24, 2.45) is 0 Å². The van der Waals surface area contributed by atoms with Gasteiger partial charge in [-0.1, -0.05) is 11.3 Å². The minimum absolute atomic E-state index is 0.298. The van der Waals surface area contributed by atoms with Gasteiger partial charge < -0.3 is 15.2 Å². The number of carbonyl (C=O) groups excluding carboxylic acids is 1. The lowest BCUT2D eigenvalue weighted by Crippen LogP contribution is -2.17. The van der Waals surface area contributed by atoms with Crippen LogP contribution in [-0.2, 0) is 0 Å². The van der Waals surface area contributed by atoms with E-state index in [0.717, 1.165) is 11.3 Å². The van der Waals surface area contributed by atoms with Crippen LogP contribution in [0.2, 0.25) is 0 Å². The summed E-state index contributed by atoms with van der Waals surface area (Å²) in [7, 11) is 0. The van der Waals surface area contributed by atoms with Crippen LogP contribution < -0.4 is 20.5 Å². The van der Waals surface area contributed by atoms with Gasteiger partial charge in [0.15, 0.2) is 11.5 Å². The number of nitrogen functional groups attached to an aromatic ring is 1. The smallest absolute Gasteiger partial charge is 0.257 e. The molecule has 0 unspecified atom stereocenters. The predicted octanol–water partition coefficient (Wildman–Crippen LogP) is 1.14. The van der Waals surface area contributed by atoms with Crippen LogP contribution in [0.25, 0.3) is 0 Å². The first-order chi connectivity index (χ1) is 9.22. The van der Waals surface area contributed by atoms with Crippen molar-refractivity contribution in [3.05, 3.63) is 23.8 Å². The number of ether oxygens (including phenoxy) is 2. The third-order valence-electron chi connectivity index (χ3n) is 2.47. The van der Waals surface area contributed by atoms with E-state index in [1.807, 2.05) is 0 Å². The fraction of sp³-hybridized carbons (Fsp3) is 0.182. The lowest BCUT2D eigenvalue weighted by Gasteiger charge is -2.18. The van der Waals surface area contributed by atoms with Gasteiger partial charge >= 0.3 is 0 Å². The monoisotopic (exact) mass is 278 g/mol. The molecule has 3 N–H and O–H groups in total. The molecule has 0 saturated heterocycles. The summed E-state index contributed by atoms with van der Waals surface area (Å²) in [4.78, 5) is 12.0. The average molecular weight is 278 g/mol. The van der Waals surface area contributed by atoms with Crippen molar-refractivity contribution in [2.75, 3.05) is 24.3 Å². The number of rotatable bonds is 2. The Labute approximate surface area is 112 Å². The molecule has 2 heterocycles. The van der Waals surface area contributed by atoms with E-state index in [-0.39, 0.29) is 5.91 Å². The highest BCUT2D eigenvalue weighted by atomic mass is 32.1. The molecule has 0 spiro atoms. The summed E-state index contributed by atoms with van der Waals surface area (Å²) in [6.07, 6.45) is 0. The topological polar surface area (TPSA) is 99.4 Å². The molecule has 1 amide bonds. The molecule has 0 aliphatic carbocycles. The van der Waals surface area contributed by atoms with Gasteiger partial charge in [-0.05, 0) is 18.2 Å². The van der Waals surface area contributed by atoms with Gasteiger partial charge in [-0.25, -0.2) is 0 Å². The van der Waals surface area contributed by atoms with Crippen LogP contribution in [0.15, 0.2) is 18.2 Å². The zero-order valence-corrected chi connectivity index (χ0v) is 10.6. The van der Waals surface area contributed by atoms with E-state index in [1.165, 1.54) is 0 Å². The fourth-order valence-corrected chi connectivity index (χ4v) is 2.14. The van der Waals surface area contributed by atoms with Gasteiger partial charge in [0.1, 0.15) is 13.2 Å². The first kappa shape index (κ1) is 11.7. The Hall–Kier alpha value is -2.35. The number of anilines is 2. The summed E-state index contributed by atoms with van der Waals surface area (Å²) in [6.45, 7) is 0.994.